The van der Waals surface area contributed by atoms with Gasteiger partial charge in [0.15, 0.2) is 39.9 Å². The number of esters is 1. The normalized spacial score (nSPS) is 15.1. The zero-order valence-corrected chi connectivity index (χ0v) is 84.6. The van der Waals surface area contributed by atoms with E-state index in [4.69, 9.17) is 63.1 Å². The molecule has 3 amide bonds. The van der Waals surface area contributed by atoms with Crippen LogP contribution in [0.5, 0.6) is 11.5 Å². The highest BCUT2D eigenvalue weighted by Gasteiger charge is 2.35. The minimum absolute atomic E-state index is 0.0264. The highest BCUT2D eigenvalue weighted by atomic mass is 32.1. The van der Waals surface area contributed by atoms with Crippen LogP contribution in [0, 0.1) is 18.6 Å². The van der Waals surface area contributed by atoms with Gasteiger partial charge in [-0.1, -0.05) is 252 Å². The van der Waals surface area contributed by atoms with Gasteiger partial charge < -0.3 is 47.2 Å². The van der Waals surface area contributed by atoms with E-state index < -0.39 is 24.2 Å². The lowest BCUT2D eigenvalue weighted by Crippen LogP contribution is -2.41. The van der Waals surface area contributed by atoms with Gasteiger partial charge >= 0.3 is 5.97 Å². The number of carbonyl (C=O) groups is 4. The molecule has 6 unspecified atom stereocenters. The highest BCUT2D eigenvalue weighted by Crippen LogP contribution is 2.34. The van der Waals surface area contributed by atoms with E-state index in [1.807, 2.05) is 184 Å². The first-order valence-corrected chi connectivity index (χ1v) is 50.9. The van der Waals surface area contributed by atoms with Crippen LogP contribution in [0.2, 0.25) is 0 Å². The zero-order chi connectivity index (χ0) is 102. The third-order valence-corrected chi connectivity index (χ3v) is 28.2. The zero-order valence-electron chi connectivity index (χ0n) is 81.4. The molecule has 15 heterocycles. The van der Waals surface area contributed by atoms with Gasteiger partial charge in [0, 0.05) is 39.3 Å². The smallest absolute Gasteiger partial charge is 0.334 e. The summed E-state index contributed by atoms with van der Waals surface area (Å²) < 4.78 is 29.9. The van der Waals surface area contributed by atoms with Crippen molar-refractivity contribution in [1.29, 1.82) is 0 Å². The van der Waals surface area contributed by atoms with Gasteiger partial charge in [0.2, 0.25) is 17.7 Å². The van der Waals surface area contributed by atoms with Crippen molar-refractivity contribution >= 4 is 139 Å². The minimum Gasteiger partial charge on any atom is -0.490 e. The first kappa shape index (κ1) is 103. The number of hydrogen-bond acceptors (Lipinski definition) is 25. The summed E-state index contributed by atoms with van der Waals surface area (Å²) in [4.78, 5) is 111. The van der Waals surface area contributed by atoms with Crippen molar-refractivity contribution in [3.63, 3.8) is 0 Å². The molecule has 12 aromatic heterocycles. The number of aromatic nitrogens is 24. The molecule has 147 heavy (non-hydrogen) atoms. The number of amides is 3. The molecule has 36 nitrogen and oxygen atoms in total. The Hall–Kier alpha value is -15.9. The number of nitrogens with one attached hydrogen (secondary N) is 6. The molecule has 1 aliphatic carbocycles. The molecule has 0 bridgehead atoms. The quantitative estimate of drug-likeness (QED) is 0.0197. The Labute approximate surface area is 865 Å². The maximum Gasteiger partial charge on any atom is 0.334 e. The molecule has 18 aromatic rings. The van der Waals surface area contributed by atoms with Crippen LogP contribution in [0.4, 0.5) is 0 Å². The van der Waals surface area contributed by atoms with E-state index in [0.29, 0.717) is 83.0 Å². The van der Waals surface area contributed by atoms with Crippen LogP contribution in [0.3, 0.4) is 0 Å². The summed E-state index contributed by atoms with van der Waals surface area (Å²) in [6.07, 6.45) is 39.6. The lowest BCUT2D eigenvalue weighted by molar-refractivity contribution is -0.153. The first-order valence-electron chi connectivity index (χ1n) is 49.3. The van der Waals surface area contributed by atoms with E-state index in [0.717, 1.165) is 183 Å². The second-order valence-corrected chi connectivity index (χ2v) is 37.6. The van der Waals surface area contributed by atoms with Crippen molar-refractivity contribution in [2.24, 2.45) is 0 Å². The summed E-state index contributed by atoms with van der Waals surface area (Å²) >= 11 is 22.5. The van der Waals surface area contributed by atoms with Gasteiger partial charge in [-0.25, -0.2) is 34.7 Å². The predicted molar refractivity (Wildman–Crippen MR) is 571 cm³/mol. The third kappa shape index (κ3) is 24.3. The molecule has 0 spiro atoms. The number of benzene rings is 6. The van der Waals surface area contributed by atoms with Crippen LogP contribution < -0.4 is 20.6 Å². The third-order valence-electron chi connectivity index (χ3n) is 26.5. The number of likely N-dealkylation sites (tertiary alicyclic amines) is 3. The molecule has 6 aromatic carbocycles. The Kier molecular flexibility index (Phi) is 34.6. The predicted octanol–water partition coefficient (Wildman–Crippen LogP) is 18.6. The number of aromatic amines is 6. The lowest BCUT2D eigenvalue weighted by atomic mass is 9.97. The maximum absolute atomic E-state index is 13.8. The minimum atomic E-state index is -0.765. The topological polar surface area (TPSA) is 419 Å². The van der Waals surface area contributed by atoms with Gasteiger partial charge in [0.1, 0.15) is 90.9 Å². The summed E-state index contributed by atoms with van der Waals surface area (Å²) in [6, 6.07) is 51.8. The number of ether oxygens (including phenoxy) is 3. The van der Waals surface area contributed by atoms with Crippen molar-refractivity contribution in [3.05, 3.63) is 343 Å². The molecule has 3 aliphatic heterocycles. The van der Waals surface area contributed by atoms with Gasteiger partial charge in [0.25, 0.3) is 11.1 Å². The Balaban J connectivity index is 0.000000122. The fraction of sp³-hybridized carbons (Fsp3) is 0.308. The van der Waals surface area contributed by atoms with Crippen LogP contribution >= 0.6 is 48.9 Å². The molecule has 1 saturated carbocycles. The molecule has 4 aliphatic rings. The maximum atomic E-state index is 13.8. The van der Waals surface area contributed by atoms with Crippen LogP contribution in [0.1, 0.15) is 186 Å². The summed E-state index contributed by atoms with van der Waals surface area (Å²) in [6.45, 7) is 16.8. The summed E-state index contributed by atoms with van der Waals surface area (Å²) in [5.74, 6) is 1.04. The van der Waals surface area contributed by atoms with Crippen molar-refractivity contribution in [2.75, 3.05) is 52.5 Å². The monoisotopic (exact) mass is 2050 g/mol. The second kappa shape index (κ2) is 49.6. The number of rotatable bonds is 23. The van der Waals surface area contributed by atoms with E-state index in [2.05, 4.69) is 123 Å². The van der Waals surface area contributed by atoms with Crippen molar-refractivity contribution in [2.45, 2.75) is 159 Å². The Morgan fingerprint density at radius 1 is 0.333 bits per heavy atom. The average Bonchev–Trinajstić information content (AvgIpc) is 1.74. The van der Waals surface area contributed by atoms with E-state index in [1.54, 1.807) is 86.8 Å². The van der Waals surface area contributed by atoms with Crippen LogP contribution in [-0.2, 0) is 23.9 Å². The first-order chi connectivity index (χ1) is 71.9. The molecule has 40 heteroatoms. The van der Waals surface area contributed by atoms with Gasteiger partial charge in [-0.2, -0.15) is 30.6 Å². The van der Waals surface area contributed by atoms with E-state index in [9.17, 15) is 28.8 Å². The van der Waals surface area contributed by atoms with Gasteiger partial charge in [-0.05, 0) is 142 Å². The van der Waals surface area contributed by atoms with Crippen LogP contribution in [0.25, 0.3) is 66.2 Å². The van der Waals surface area contributed by atoms with Gasteiger partial charge in [0.05, 0.1) is 96.1 Å². The number of carbonyl (C=O) groups excluding carboxylic acids is 4. The molecular formula is C107H113N27O9S4. The molecule has 6 N–H and O–H groups in total. The molecule has 22 rings (SSSR count). The van der Waals surface area contributed by atoms with Gasteiger partial charge in [-0.15, -0.1) is 0 Å². The van der Waals surface area contributed by atoms with Crippen LogP contribution in [-0.4, -0.2) is 215 Å². The molecule has 4 fully saturated rings. The Morgan fingerprint density at radius 3 is 0.980 bits per heavy atom. The average molecular weight is 2050 g/mol. The number of hydrogen-bond donors (Lipinski definition) is 6. The second-order valence-electron chi connectivity index (χ2n) is 36.0. The lowest BCUT2D eigenvalue weighted by Gasteiger charge is -2.31. The molecule has 754 valence electrons. The number of fused-ring (bicyclic) bond motifs is 6. The van der Waals surface area contributed by atoms with E-state index in [1.165, 1.54) is 41.7 Å². The molecule has 3 saturated heterocycles. The van der Waals surface area contributed by atoms with Crippen molar-refractivity contribution in [1.82, 2.24) is 133 Å². The molecule has 0 radical (unpaired) electrons. The largest absolute Gasteiger partial charge is 0.490 e. The van der Waals surface area contributed by atoms with Crippen molar-refractivity contribution < 1.29 is 33.4 Å². The molecular weight excluding hydrogens is 1940 g/mol. The fourth-order valence-corrected chi connectivity index (χ4v) is 19.8. The number of H-pyrrole nitrogens is 6. The SMILES string of the molecule is C=CCOc1cccc(C(C(=O)N2CCCCCC2)n2cnc3[nH]ncc3c2=S)c1.C=CCOc1cccc(C(C(=O)OC2CCCCC2)n2cnc3[nH]ncc3c2=S)c1.CC(c1ccccc1)n1cnc2[nH]ncc2c1=O.CC(c1ccccc1)n1cnc2[nH]ncc2c1=S.O=C(C(c1ccccc1)n1cnc2[nH]ncc2c1=O)N1CCCCCC1.O=C(C(c1ccccc1)n1cnc2[nH]ncc2c1=S)N1CCCCC1. The fourth-order valence-electron chi connectivity index (χ4n) is 18.6. The summed E-state index contributed by atoms with van der Waals surface area (Å²) in [5, 5.41) is 44.4. The van der Waals surface area contributed by atoms with Gasteiger partial charge in [-0.3, -0.25) is 63.7 Å². The standard InChI is InChI=1S/C22H25N5O2S.C22H24N4O3S.C19H21N5O2.C18H19N5OS.C13H12N4O.C13H12N4S/c1-2-12-29-17-9-7-8-16(13-17)19(21(28)26-10-5-3-4-6-11-26)27-15-23-20-18(22(27)30)14-24-25-20;1-2-11-28-17-10-6-7-15(12-17)19(22(27)29-16-8-4-3-5-9-16)26-14-23-20-18(21(26)30)13-24-25-20;25-18-15-12-21-22-17(15)20-13-24(18)16(14-8-4-3-5-9-14)19(26)23-10-6-1-2-7-11-23;24-17(22-9-5-2-6-10-22)15(13-7-3-1-4-8-13)23-12-19-16-14(18(23)25)11-20-21-16;2*1-9(10-5-3-2-4-6-10)17-8-14-12-11(13(17)18)7-15-16-12/h2,7-9,13-15,19H,1,3-6,10-12H2,(H,24,25);2,6-7,10,12-14,16,19H,1,3-5,8-9,11H2,(H,24,25);3-5,8-9,12-13,16H,1-2,6-7,10-11H2,(H,21,22);1,3-4,7-8,11-12,15H,2,5-6,9-10H2,(H,20,21);2*2-9H,1H3,(H,15,16). The highest BCUT2D eigenvalue weighted by molar-refractivity contribution is 7.72. The van der Waals surface area contributed by atoms with E-state index in [-0.39, 0.29) is 53.0 Å². The summed E-state index contributed by atoms with van der Waals surface area (Å²) in [7, 11) is 0. The van der Waals surface area contributed by atoms with Crippen LogP contribution in [0.15, 0.2) is 280 Å². The van der Waals surface area contributed by atoms with Crippen molar-refractivity contribution in [3.8, 4) is 11.5 Å². The van der Waals surface area contributed by atoms with E-state index >= 15 is 0 Å². The number of piperidine rings is 1. The number of nitrogens with zero attached hydrogens (tertiary/aromatic N) is 21. The summed E-state index contributed by atoms with van der Waals surface area (Å²) in [5.41, 5.74) is 8.69. The molecule has 6 atom stereocenters. The Morgan fingerprint density at radius 2 is 0.605 bits per heavy atom. The Bertz CT molecular complexity index is 7820.